The number of nitrogens with zero attached hydrogens (tertiary/aromatic N) is 3. The Bertz CT molecular complexity index is 806. The van der Waals surface area contributed by atoms with Crippen molar-refractivity contribution < 1.29 is 13.9 Å². The highest BCUT2D eigenvalue weighted by Crippen LogP contribution is 2.21. The normalized spacial score (nSPS) is 20.1. The quantitative estimate of drug-likeness (QED) is 0.877. The molecule has 2 fully saturated rings. The Morgan fingerprint density at radius 2 is 1.96 bits per heavy atom. The number of hydrogen-bond donors (Lipinski definition) is 1. The second-order valence-corrected chi connectivity index (χ2v) is 7.21. The fourth-order valence-electron chi connectivity index (χ4n) is 3.67. The Hall–Kier alpha value is -2.67. The topological polar surface area (TPSA) is 57.7 Å². The molecule has 2 aliphatic rings. The molecule has 0 unspecified atom stereocenters. The monoisotopic (exact) mass is 384 g/mol. The third-order valence-corrected chi connectivity index (χ3v) is 5.17. The number of aromatic nitrogens is 1. The maximum absolute atomic E-state index is 13.0. The van der Waals surface area contributed by atoms with Gasteiger partial charge in [-0.1, -0.05) is 6.07 Å². The second-order valence-electron chi connectivity index (χ2n) is 7.21. The van der Waals surface area contributed by atoms with Gasteiger partial charge >= 0.3 is 0 Å². The van der Waals surface area contributed by atoms with Crippen molar-refractivity contribution in [1.82, 2.24) is 15.2 Å². The van der Waals surface area contributed by atoms with Gasteiger partial charge in [0.1, 0.15) is 29.2 Å². The van der Waals surface area contributed by atoms with E-state index in [2.05, 4.69) is 15.2 Å². The van der Waals surface area contributed by atoms with Gasteiger partial charge in [0.25, 0.3) is 5.91 Å². The fourth-order valence-corrected chi connectivity index (χ4v) is 3.67. The lowest BCUT2D eigenvalue weighted by molar-refractivity contribution is 0.0766. The van der Waals surface area contributed by atoms with Gasteiger partial charge in [-0.25, -0.2) is 9.37 Å². The van der Waals surface area contributed by atoms with E-state index in [-0.39, 0.29) is 17.8 Å². The number of anilines is 1. The molecule has 0 aliphatic carbocycles. The zero-order chi connectivity index (χ0) is 19.3. The summed E-state index contributed by atoms with van der Waals surface area (Å²) in [6.07, 6.45) is 1.73. The summed E-state index contributed by atoms with van der Waals surface area (Å²) in [5.74, 6) is 1.12. The third kappa shape index (κ3) is 4.42. The predicted octanol–water partition coefficient (Wildman–Crippen LogP) is 2.31. The number of rotatable bonds is 4. The zero-order valence-corrected chi connectivity index (χ0v) is 15.8. The average molecular weight is 384 g/mol. The molecule has 0 spiro atoms. The van der Waals surface area contributed by atoms with Crippen molar-refractivity contribution in [3.05, 3.63) is 54.0 Å². The second kappa shape index (κ2) is 8.56. The Balaban J connectivity index is 1.39. The minimum atomic E-state index is -0.290. The Labute approximate surface area is 164 Å². The Kier molecular flexibility index (Phi) is 5.71. The molecule has 1 amide bonds. The van der Waals surface area contributed by atoms with E-state index in [1.54, 1.807) is 23.1 Å². The van der Waals surface area contributed by atoms with Gasteiger partial charge in [-0.15, -0.1) is 0 Å². The van der Waals surface area contributed by atoms with E-state index < -0.39 is 0 Å². The number of nitrogens with one attached hydrogen (secondary N) is 1. The Morgan fingerprint density at radius 1 is 1.11 bits per heavy atom. The first-order chi connectivity index (χ1) is 13.7. The number of pyridine rings is 1. The van der Waals surface area contributed by atoms with Crippen molar-refractivity contribution in [2.45, 2.75) is 18.9 Å². The van der Waals surface area contributed by atoms with E-state index in [9.17, 15) is 9.18 Å². The van der Waals surface area contributed by atoms with Gasteiger partial charge in [0, 0.05) is 32.6 Å². The van der Waals surface area contributed by atoms with Crippen LogP contribution in [0.5, 0.6) is 5.75 Å². The molecule has 1 aromatic carbocycles. The lowest BCUT2D eigenvalue weighted by Gasteiger charge is -2.22. The first-order valence-electron chi connectivity index (χ1n) is 9.83. The molecule has 1 atom stereocenters. The van der Waals surface area contributed by atoms with Crippen LogP contribution < -0.4 is 15.0 Å². The fraction of sp³-hybridized carbons (Fsp3) is 0.429. The van der Waals surface area contributed by atoms with E-state index in [1.165, 1.54) is 12.1 Å². The summed E-state index contributed by atoms with van der Waals surface area (Å²) in [6.45, 7) is 4.91. The van der Waals surface area contributed by atoms with Crippen LogP contribution in [0.2, 0.25) is 0 Å². The molecular weight excluding hydrogens is 359 g/mol. The van der Waals surface area contributed by atoms with E-state index in [1.807, 2.05) is 12.1 Å². The number of benzene rings is 1. The van der Waals surface area contributed by atoms with Crippen molar-refractivity contribution in [3.8, 4) is 5.75 Å². The summed E-state index contributed by atoms with van der Waals surface area (Å²) in [5.41, 5.74) is 0.470. The molecule has 1 aromatic heterocycles. The van der Waals surface area contributed by atoms with Crippen molar-refractivity contribution in [2.24, 2.45) is 0 Å². The van der Waals surface area contributed by atoms with Gasteiger partial charge in [0.15, 0.2) is 0 Å². The molecule has 0 saturated carbocycles. The number of halogens is 1. The lowest BCUT2D eigenvalue weighted by atomic mass is 10.3. The van der Waals surface area contributed by atoms with Crippen LogP contribution in [0.3, 0.4) is 0 Å². The van der Waals surface area contributed by atoms with Crippen LogP contribution in [0.25, 0.3) is 0 Å². The standard InChI is InChI=1S/C21H25FN4O2/c22-16-5-7-17(8-6-16)28-18-9-13-26(15-18)21(27)19-3-1-4-20(24-19)25-12-2-10-23-11-14-25/h1,3-8,18,23H,2,9-15H2/t18-/m0/s1. The maximum atomic E-state index is 13.0. The smallest absolute Gasteiger partial charge is 0.272 e. The molecule has 28 heavy (non-hydrogen) atoms. The first-order valence-corrected chi connectivity index (χ1v) is 9.83. The maximum Gasteiger partial charge on any atom is 0.272 e. The lowest BCUT2D eigenvalue weighted by Crippen LogP contribution is -2.32. The molecule has 3 heterocycles. The van der Waals surface area contributed by atoms with Crippen LogP contribution in [-0.4, -0.2) is 61.2 Å². The van der Waals surface area contributed by atoms with Crippen LogP contribution >= 0.6 is 0 Å². The zero-order valence-electron chi connectivity index (χ0n) is 15.8. The molecule has 2 saturated heterocycles. The number of amides is 1. The molecule has 4 rings (SSSR count). The Morgan fingerprint density at radius 3 is 2.82 bits per heavy atom. The summed E-state index contributed by atoms with van der Waals surface area (Å²) in [5, 5.41) is 3.38. The van der Waals surface area contributed by atoms with Crippen molar-refractivity contribution in [2.75, 3.05) is 44.2 Å². The molecule has 0 bridgehead atoms. The molecule has 0 radical (unpaired) electrons. The van der Waals surface area contributed by atoms with E-state index in [0.29, 0.717) is 24.5 Å². The number of hydrogen-bond acceptors (Lipinski definition) is 5. The van der Waals surface area contributed by atoms with Crippen LogP contribution in [0, 0.1) is 5.82 Å². The highest BCUT2D eigenvalue weighted by molar-refractivity contribution is 5.93. The van der Waals surface area contributed by atoms with Gasteiger partial charge in [-0.05, 0) is 49.4 Å². The van der Waals surface area contributed by atoms with Gasteiger partial charge in [0.2, 0.25) is 0 Å². The molecule has 2 aromatic rings. The van der Waals surface area contributed by atoms with Gasteiger partial charge in [-0.3, -0.25) is 4.79 Å². The summed E-state index contributed by atoms with van der Waals surface area (Å²) >= 11 is 0. The minimum Gasteiger partial charge on any atom is -0.489 e. The highest BCUT2D eigenvalue weighted by atomic mass is 19.1. The van der Waals surface area contributed by atoms with Crippen molar-refractivity contribution in [3.63, 3.8) is 0 Å². The average Bonchev–Trinajstić information content (AvgIpc) is 3.01. The van der Waals surface area contributed by atoms with Crippen LogP contribution in [-0.2, 0) is 0 Å². The van der Waals surface area contributed by atoms with Crippen LogP contribution in [0.4, 0.5) is 10.2 Å². The summed E-state index contributed by atoms with van der Waals surface area (Å²) in [7, 11) is 0. The molecule has 2 aliphatic heterocycles. The van der Waals surface area contributed by atoms with Crippen molar-refractivity contribution >= 4 is 11.7 Å². The van der Waals surface area contributed by atoms with Gasteiger partial charge in [0.05, 0.1) is 6.54 Å². The largest absolute Gasteiger partial charge is 0.489 e. The van der Waals surface area contributed by atoms with Crippen molar-refractivity contribution in [1.29, 1.82) is 0 Å². The van der Waals surface area contributed by atoms with Gasteiger partial charge in [-0.2, -0.15) is 0 Å². The van der Waals surface area contributed by atoms with Crippen LogP contribution in [0.1, 0.15) is 23.3 Å². The molecule has 7 heteroatoms. The number of carbonyl (C=O) groups excluding carboxylic acids is 1. The summed E-state index contributed by atoms with van der Waals surface area (Å²) < 4.78 is 18.9. The number of carbonyl (C=O) groups is 1. The first kappa shape index (κ1) is 18.7. The van der Waals surface area contributed by atoms with E-state index in [0.717, 1.165) is 44.8 Å². The number of ether oxygens (including phenoxy) is 1. The predicted molar refractivity (Wildman–Crippen MR) is 105 cm³/mol. The summed E-state index contributed by atoms with van der Waals surface area (Å²) in [6, 6.07) is 11.6. The van der Waals surface area contributed by atoms with Gasteiger partial charge < -0.3 is 19.9 Å². The molecule has 148 valence electrons. The number of likely N-dealkylation sites (tertiary alicyclic amines) is 1. The van der Waals surface area contributed by atoms with Crippen LogP contribution in [0.15, 0.2) is 42.5 Å². The molecule has 6 nitrogen and oxygen atoms in total. The summed E-state index contributed by atoms with van der Waals surface area (Å²) in [4.78, 5) is 21.6. The van der Waals surface area contributed by atoms with E-state index in [4.69, 9.17) is 4.74 Å². The molecular formula is C21H25FN4O2. The highest BCUT2D eigenvalue weighted by Gasteiger charge is 2.29. The minimum absolute atomic E-state index is 0.0694. The SMILES string of the molecule is O=C(c1cccc(N2CCCNCC2)n1)N1CC[C@H](Oc2ccc(F)cc2)C1. The third-order valence-electron chi connectivity index (χ3n) is 5.17. The van der Waals surface area contributed by atoms with E-state index >= 15 is 0 Å². The molecule has 1 N–H and O–H groups in total.